The molecule has 1 heterocycles. The number of aliphatic hydroxyl groups is 1. The highest BCUT2D eigenvalue weighted by molar-refractivity contribution is 5.81. The molecule has 2 atom stereocenters. The summed E-state index contributed by atoms with van der Waals surface area (Å²) < 4.78 is 46.8. The Morgan fingerprint density at radius 1 is 1.40 bits per heavy atom. The molecule has 2 unspecified atom stereocenters. The van der Waals surface area contributed by atoms with Crippen molar-refractivity contribution in [3.63, 3.8) is 0 Å². The maximum Gasteiger partial charge on any atom is 0.416 e. The Balaban J connectivity index is 1.89. The van der Waals surface area contributed by atoms with Crippen molar-refractivity contribution in [2.75, 3.05) is 13.2 Å². The number of hydrogen-bond acceptors (Lipinski definition) is 4. The Kier molecular flexibility index (Phi) is 4.03. The van der Waals surface area contributed by atoms with Crippen molar-refractivity contribution in [1.82, 2.24) is 5.32 Å². The van der Waals surface area contributed by atoms with Crippen LogP contribution in [-0.2, 0) is 4.79 Å². The summed E-state index contributed by atoms with van der Waals surface area (Å²) in [5.74, 6) is 0.0324. The summed E-state index contributed by atoms with van der Waals surface area (Å²) in [5.41, 5.74) is 0. The van der Waals surface area contributed by atoms with E-state index in [4.69, 9.17) is 14.6 Å². The van der Waals surface area contributed by atoms with Gasteiger partial charge in [-0.25, -0.2) is 0 Å². The maximum absolute atomic E-state index is 12.1. The summed E-state index contributed by atoms with van der Waals surface area (Å²) in [6, 6.07) is 6.63. The van der Waals surface area contributed by atoms with Crippen LogP contribution in [0.3, 0.4) is 0 Å². The molecule has 0 spiro atoms. The van der Waals surface area contributed by atoms with E-state index in [1.807, 2.05) is 5.32 Å². The van der Waals surface area contributed by atoms with E-state index in [0.717, 1.165) is 0 Å². The fraction of sp³-hybridized carbons (Fsp3) is 0.417. The van der Waals surface area contributed by atoms with E-state index >= 15 is 0 Å². The summed E-state index contributed by atoms with van der Waals surface area (Å²) in [6.07, 6.45) is -8.43. The van der Waals surface area contributed by atoms with E-state index in [1.165, 1.54) is 0 Å². The second kappa shape index (κ2) is 5.58. The van der Waals surface area contributed by atoms with Gasteiger partial charge in [0.15, 0.2) is 17.6 Å². The Hall–Kier alpha value is -1.96. The largest absolute Gasteiger partial charge is 0.485 e. The molecule has 1 aliphatic heterocycles. The highest BCUT2D eigenvalue weighted by atomic mass is 19.4. The normalized spacial score (nSPS) is 19.3. The first-order valence-corrected chi connectivity index (χ1v) is 5.79. The van der Waals surface area contributed by atoms with Crippen LogP contribution in [0.25, 0.3) is 0 Å². The summed E-state index contributed by atoms with van der Waals surface area (Å²) in [5, 5.41) is 10.8. The fourth-order valence-electron chi connectivity index (χ4n) is 1.58. The number of alkyl halides is 3. The van der Waals surface area contributed by atoms with Gasteiger partial charge >= 0.3 is 6.18 Å². The van der Waals surface area contributed by atoms with Crippen LogP contribution in [0.15, 0.2) is 24.3 Å². The van der Waals surface area contributed by atoms with E-state index in [0.29, 0.717) is 11.5 Å². The molecule has 8 heteroatoms. The van der Waals surface area contributed by atoms with Crippen LogP contribution in [0, 0.1) is 0 Å². The molecule has 2 N–H and O–H groups in total. The van der Waals surface area contributed by atoms with E-state index in [9.17, 15) is 18.0 Å². The lowest BCUT2D eigenvalue weighted by molar-refractivity contribution is -0.202. The molecule has 1 aromatic rings. The summed E-state index contributed by atoms with van der Waals surface area (Å²) in [4.78, 5) is 11.6. The van der Waals surface area contributed by atoms with Crippen LogP contribution in [-0.4, -0.2) is 42.5 Å². The quantitative estimate of drug-likeness (QED) is 0.867. The third-order valence-corrected chi connectivity index (χ3v) is 2.65. The minimum atomic E-state index is -4.77. The first-order chi connectivity index (χ1) is 9.38. The number of carbonyl (C=O) groups is 1. The zero-order valence-electron chi connectivity index (χ0n) is 10.2. The molecule has 1 amide bonds. The monoisotopic (exact) mass is 291 g/mol. The number of aliphatic hydroxyl groups excluding tert-OH is 1. The number of rotatable bonds is 3. The molecule has 0 bridgehead atoms. The molecule has 0 aromatic heterocycles. The Morgan fingerprint density at radius 3 is 2.70 bits per heavy atom. The Morgan fingerprint density at radius 2 is 2.05 bits per heavy atom. The minimum Gasteiger partial charge on any atom is -0.485 e. The molecular weight excluding hydrogens is 279 g/mol. The zero-order chi connectivity index (χ0) is 14.8. The van der Waals surface area contributed by atoms with Gasteiger partial charge in [-0.3, -0.25) is 4.79 Å². The molecule has 0 fully saturated rings. The Labute approximate surface area is 112 Å². The highest BCUT2D eigenvalue weighted by Crippen LogP contribution is 2.30. The lowest BCUT2D eigenvalue weighted by atomic mass is 10.2. The van der Waals surface area contributed by atoms with Crippen LogP contribution in [0.5, 0.6) is 11.5 Å². The standard InChI is InChI=1S/C12H12F3NO4/c13-12(14,15)10(17)5-16-11(18)9-6-19-7-3-1-2-4-8(7)20-9/h1-4,9-10,17H,5-6H2,(H,16,18). The van der Waals surface area contributed by atoms with Gasteiger partial charge in [0.05, 0.1) is 6.54 Å². The predicted molar refractivity (Wildman–Crippen MR) is 61.4 cm³/mol. The number of carbonyl (C=O) groups excluding carboxylic acids is 1. The number of fused-ring (bicyclic) bond motifs is 1. The molecule has 1 aliphatic rings. The number of benzene rings is 1. The molecule has 110 valence electrons. The lowest BCUT2D eigenvalue weighted by Gasteiger charge is -2.26. The number of amides is 1. The number of hydrogen-bond donors (Lipinski definition) is 2. The van der Waals surface area contributed by atoms with Crippen molar-refractivity contribution >= 4 is 5.91 Å². The first-order valence-electron chi connectivity index (χ1n) is 5.79. The summed E-state index contributed by atoms with van der Waals surface area (Å²) in [6.45, 7) is -1.03. The average molecular weight is 291 g/mol. The average Bonchev–Trinajstić information content (AvgIpc) is 2.42. The van der Waals surface area contributed by atoms with Crippen molar-refractivity contribution in [2.24, 2.45) is 0 Å². The van der Waals surface area contributed by atoms with Gasteiger partial charge in [-0.1, -0.05) is 12.1 Å². The van der Waals surface area contributed by atoms with Gasteiger partial charge in [0, 0.05) is 0 Å². The summed E-state index contributed by atoms with van der Waals surface area (Å²) in [7, 11) is 0. The molecular formula is C12H12F3NO4. The van der Waals surface area contributed by atoms with Crippen LogP contribution in [0.1, 0.15) is 0 Å². The number of nitrogens with one attached hydrogen (secondary N) is 1. The van der Waals surface area contributed by atoms with Gasteiger partial charge in [0.1, 0.15) is 6.61 Å². The fourth-order valence-corrected chi connectivity index (χ4v) is 1.58. The molecule has 2 rings (SSSR count). The lowest BCUT2D eigenvalue weighted by Crippen LogP contribution is -2.48. The van der Waals surface area contributed by atoms with Gasteiger partial charge in [-0.2, -0.15) is 13.2 Å². The summed E-state index contributed by atoms with van der Waals surface area (Å²) >= 11 is 0. The first kappa shape index (κ1) is 14.4. The van der Waals surface area contributed by atoms with Crippen LogP contribution in [0.2, 0.25) is 0 Å². The third kappa shape index (κ3) is 3.32. The topological polar surface area (TPSA) is 67.8 Å². The molecule has 0 saturated carbocycles. The highest BCUT2D eigenvalue weighted by Gasteiger charge is 2.39. The molecule has 0 aliphatic carbocycles. The van der Waals surface area contributed by atoms with Gasteiger partial charge in [0.25, 0.3) is 5.91 Å². The zero-order valence-corrected chi connectivity index (χ0v) is 10.2. The van der Waals surface area contributed by atoms with Gasteiger partial charge in [0.2, 0.25) is 6.10 Å². The minimum absolute atomic E-state index is 0.106. The van der Waals surface area contributed by atoms with Crippen molar-refractivity contribution in [1.29, 1.82) is 0 Å². The maximum atomic E-state index is 12.1. The van der Waals surface area contributed by atoms with E-state index in [-0.39, 0.29) is 6.61 Å². The van der Waals surface area contributed by atoms with E-state index in [1.54, 1.807) is 24.3 Å². The van der Waals surface area contributed by atoms with Crippen molar-refractivity contribution < 1.29 is 32.5 Å². The van der Waals surface area contributed by atoms with Gasteiger partial charge in [-0.05, 0) is 12.1 Å². The molecule has 0 saturated heterocycles. The SMILES string of the molecule is O=C(NCC(O)C(F)(F)F)C1COc2ccccc2O1. The van der Waals surface area contributed by atoms with Crippen LogP contribution in [0.4, 0.5) is 13.2 Å². The second-order valence-electron chi connectivity index (χ2n) is 4.17. The number of halogens is 3. The molecule has 1 aromatic carbocycles. The number of ether oxygens (including phenoxy) is 2. The molecule has 20 heavy (non-hydrogen) atoms. The smallest absolute Gasteiger partial charge is 0.416 e. The number of para-hydroxylation sites is 2. The predicted octanol–water partition coefficient (Wildman–Crippen LogP) is 0.866. The van der Waals surface area contributed by atoms with Crippen molar-refractivity contribution in [3.05, 3.63) is 24.3 Å². The molecule has 5 nitrogen and oxygen atoms in total. The van der Waals surface area contributed by atoms with Crippen molar-refractivity contribution in [3.8, 4) is 11.5 Å². The Bertz CT molecular complexity index is 492. The van der Waals surface area contributed by atoms with Crippen molar-refractivity contribution in [2.45, 2.75) is 18.4 Å². The van der Waals surface area contributed by atoms with Gasteiger partial charge < -0.3 is 19.9 Å². The second-order valence-corrected chi connectivity index (χ2v) is 4.17. The van der Waals surface area contributed by atoms with Crippen LogP contribution < -0.4 is 14.8 Å². The third-order valence-electron chi connectivity index (χ3n) is 2.65. The van der Waals surface area contributed by atoms with Crippen LogP contribution >= 0.6 is 0 Å². The molecule has 0 radical (unpaired) electrons. The van der Waals surface area contributed by atoms with Gasteiger partial charge in [-0.15, -0.1) is 0 Å². The van der Waals surface area contributed by atoms with E-state index in [2.05, 4.69) is 0 Å². The van der Waals surface area contributed by atoms with E-state index < -0.39 is 30.8 Å².